The Kier molecular flexibility index (Phi) is 9.41. The fourth-order valence-electron chi connectivity index (χ4n) is 3.51. The van der Waals surface area contributed by atoms with Crippen LogP contribution < -0.4 is 11.0 Å². The Hall–Kier alpha value is -2.28. The molecule has 176 valence electrons. The molecule has 1 unspecified atom stereocenters. The van der Waals surface area contributed by atoms with Gasteiger partial charge < -0.3 is 23.9 Å². The van der Waals surface area contributed by atoms with Crippen molar-refractivity contribution in [3.63, 3.8) is 0 Å². The van der Waals surface area contributed by atoms with Crippen LogP contribution >= 0.6 is 20.1 Å². The highest BCUT2D eigenvalue weighted by atomic mass is 32.2. The number of carbonyl (C=O) groups is 1. The smallest absolute Gasteiger partial charge is 0.350 e. The average Bonchev–Trinajstić information content (AvgIpc) is 3.16. The second-order valence-electron chi connectivity index (χ2n) is 7.22. The standard InChI is InChI=1S/C22H27N4O5PS/c1-5-16-18(31-32(4)30-14-12-23-2)19(29-3)21(33-16)26-13-11-17(25-22(26)28)24-20(27)15-9-7-6-8-10-15/h6-11,13,16,18-19,21H,5,12,14H2,1,3-4H3,(H,24,25,27,28)/t16-,18-,19-,21-,32?/m1/s1. The molecule has 1 fully saturated rings. The maximum absolute atomic E-state index is 12.8. The topological polar surface area (TPSA) is 96.0 Å². The summed E-state index contributed by atoms with van der Waals surface area (Å²) in [5.74, 6) is -0.147. The zero-order valence-corrected chi connectivity index (χ0v) is 20.4. The predicted octanol–water partition coefficient (Wildman–Crippen LogP) is 3.80. The van der Waals surface area contributed by atoms with Gasteiger partial charge in [-0.2, -0.15) is 4.98 Å². The molecule has 0 spiro atoms. The van der Waals surface area contributed by atoms with Gasteiger partial charge in [0.1, 0.15) is 30.0 Å². The van der Waals surface area contributed by atoms with Gasteiger partial charge in [0.05, 0.1) is 0 Å². The molecule has 2 aromatic rings. The summed E-state index contributed by atoms with van der Waals surface area (Å²) >= 11 is 1.60. The van der Waals surface area contributed by atoms with E-state index in [1.54, 1.807) is 55.4 Å². The van der Waals surface area contributed by atoms with Crippen LogP contribution in [0.4, 0.5) is 5.82 Å². The van der Waals surface area contributed by atoms with Crippen molar-refractivity contribution in [2.45, 2.75) is 36.2 Å². The summed E-state index contributed by atoms with van der Waals surface area (Å²) in [6.07, 6.45) is 1.78. The van der Waals surface area contributed by atoms with Gasteiger partial charge in [-0.05, 0) is 24.6 Å². The highest BCUT2D eigenvalue weighted by molar-refractivity contribution is 8.00. The van der Waals surface area contributed by atoms with E-state index in [2.05, 4.69) is 22.1 Å². The van der Waals surface area contributed by atoms with Crippen LogP contribution in [0.25, 0.3) is 4.85 Å². The van der Waals surface area contributed by atoms with E-state index in [1.165, 1.54) is 4.57 Å². The Balaban J connectivity index is 1.74. The summed E-state index contributed by atoms with van der Waals surface area (Å²) in [6, 6.07) is 10.3. The molecule has 0 radical (unpaired) electrons. The molecule has 2 heterocycles. The molecular formula is C22H27N4O5PS. The number of ether oxygens (including phenoxy) is 1. The largest absolute Gasteiger partial charge is 0.376 e. The van der Waals surface area contributed by atoms with Gasteiger partial charge in [-0.15, -0.1) is 11.8 Å². The Morgan fingerprint density at radius 2 is 2.06 bits per heavy atom. The molecule has 0 saturated carbocycles. The number of nitrogens with one attached hydrogen (secondary N) is 1. The van der Waals surface area contributed by atoms with Crippen LogP contribution in [0.5, 0.6) is 0 Å². The minimum absolute atomic E-state index is 0.0960. The third-order valence-corrected chi connectivity index (χ3v) is 7.90. The van der Waals surface area contributed by atoms with Crippen molar-refractivity contribution in [3.8, 4) is 0 Å². The number of amides is 1. The van der Waals surface area contributed by atoms with E-state index >= 15 is 0 Å². The molecule has 1 aromatic heterocycles. The van der Waals surface area contributed by atoms with Crippen LogP contribution in [0.3, 0.4) is 0 Å². The molecule has 0 aliphatic carbocycles. The first-order valence-electron chi connectivity index (χ1n) is 10.5. The van der Waals surface area contributed by atoms with Crippen molar-refractivity contribution in [1.29, 1.82) is 0 Å². The maximum Gasteiger partial charge on any atom is 0.350 e. The summed E-state index contributed by atoms with van der Waals surface area (Å²) in [7, 11) is 0.407. The first kappa shape index (κ1) is 25.3. The lowest BCUT2D eigenvalue weighted by Gasteiger charge is -2.27. The van der Waals surface area contributed by atoms with E-state index in [0.29, 0.717) is 12.2 Å². The number of carbonyl (C=O) groups excluding carboxylic acids is 1. The van der Waals surface area contributed by atoms with Crippen molar-refractivity contribution >= 4 is 31.9 Å². The summed E-state index contributed by atoms with van der Waals surface area (Å²) < 4.78 is 19.1. The Morgan fingerprint density at radius 1 is 1.30 bits per heavy atom. The average molecular weight is 491 g/mol. The normalized spacial score (nSPS) is 23.1. The van der Waals surface area contributed by atoms with E-state index in [0.717, 1.165) is 6.42 Å². The molecule has 1 saturated heterocycles. The Labute approximate surface area is 198 Å². The molecule has 0 bridgehead atoms. The predicted molar refractivity (Wildman–Crippen MR) is 130 cm³/mol. The Bertz CT molecular complexity index is 1030. The zero-order chi connectivity index (χ0) is 23.8. The molecule has 9 nitrogen and oxygen atoms in total. The number of rotatable bonds is 10. The fourth-order valence-corrected chi connectivity index (χ4v) is 6.23. The van der Waals surface area contributed by atoms with Crippen LogP contribution in [-0.2, 0) is 13.8 Å². The quantitative estimate of drug-likeness (QED) is 0.307. The molecule has 3 rings (SSSR count). The molecular weight excluding hydrogens is 463 g/mol. The molecule has 1 aliphatic rings. The summed E-state index contributed by atoms with van der Waals surface area (Å²) in [4.78, 5) is 32.5. The number of thioether (sulfide) groups is 1. The molecule has 1 amide bonds. The molecule has 1 N–H and O–H groups in total. The van der Waals surface area contributed by atoms with Crippen molar-refractivity contribution in [2.24, 2.45) is 0 Å². The number of hydrogen-bond donors (Lipinski definition) is 1. The summed E-state index contributed by atoms with van der Waals surface area (Å²) in [5, 5.41) is 2.42. The number of aromatic nitrogens is 2. The van der Waals surface area contributed by atoms with Crippen LogP contribution in [0.1, 0.15) is 29.1 Å². The van der Waals surface area contributed by atoms with Gasteiger partial charge in [0.15, 0.2) is 8.38 Å². The number of hydrogen-bond acceptors (Lipinski definition) is 7. The third-order valence-electron chi connectivity index (χ3n) is 5.09. The SMILES string of the molecule is [C-]#[N+]CCOP(C)O[C@H]1[C@@H](OC)[C@H](n2ccc(NC(=O)c3ccccc3)nc2=O)S[C@@H]1CC. The van der Waals surface area contributed by atoms with Gasteiger partial charge in [-0.3, -0.25) is 9.36 Å². The van der Waals surface area contributed by atoms with Gasteiger partial charge in [0.25, 0.3) is 5.91 Å². The van der Waals surface area contributed by atoms with Crippen molar-refractivity contribution < 1.29 is 18.6 Å². The molecule has 1 aliphatic heterocycles. The summed E-state index contributed by atoms with van der Waals surface area (Å²) in [5.41, 5.74) is -0.00211. The van der Waals surface area contributed by atoms with Gasteiger partial charge >= 0.3 is 5.69 Å². The van der Waals surface area contributed by atoms with Crippen molar-refractivity contribution in [2.75, 3.05) is 32.2 Å². The second-order valence-corrected chi connectivity index (χ2v) is 9.93. The lowest BCUT2D eigenvalue weighted by Crippen LogP contribution is -2.37. The Morgan fingerprint density at radius 3 is 2.70 bits per heavy atom. The first-order valence-corrected chi connectivity index (χ1v) is 13.1. The number of nitrogens with zero attached hydrogens (tertiary/aromatic N) is 3. The maximum atomic E-state index is 12.8. The van der Waals surface area contributed by atoms with E-state index in [4.69, 9.17) is 20.4 Å². The van der Waals surface area contributed by atoms with Gasteiger partial charge in [0.2, 0.25) is 6.54 Å². The van der Waals surface area contributed by atoms with E-state index in [-0.39, 0.29) is 35.0 Å². The molecule has 33 heavy (non-hydrogen) atoms. The number of benzene rings is 1. The number of anilines is 1. The van der Waals surface area contributed by atoms with Crippen LogP contribution in [0, 0.1) is 6.57 Å². The fraction of sp³-hybridized carbons (Fsp3) is 0.455. The second kappa shape index (κ2) is 12.3. The highest BCUT2D eigenvalue weighted by Gasteiger charge is 2.46. The lowest BCUT2D eigenvalue weighted by molar-refractivity contribution is -0.00231. The van der Waals surface area contributed by atoms with Gasteiger partial charge in [0, 0.05) is 30.8 Å². The molecule has 5 atom stereocenters. The van der Waals surface area contributed by atoms with Gasteiger partial charge in [-0.1, -0.05) is 25.1 Å². The minimum atomic E-state index is -1.19. The first-order chi connectivity index (χ1) is 16.0. The van der Waals surface area contributed by atoms with Gasteiger partial charge in [-0.25, -0.2) is 11.4 Å². The molecule has 11 heteroatoms. The summed E-state index contributed by atoms with van der Waals surface area (Å²) in [6.45, 7) is 11.4. The van der Waals surface area contributed by atoms with E-state index in [9.17, 15) is 9.59 Å². The highest BCUT2D eigenvalue weighted by Crippen LogP contribution is 2.50. The third kappa shape index (κ3) is 6.40. The lowest BCUT2D eigenvalue weighted by atomic mass is 10.1. The van der Waals surface area contributed by atoms with Crippen LogP contribution in [0.15, 0.2) is 47.4 Å². The monoisotopic (exact) mass is 490 g/mol. The van der Waals surface area contributed by atoms with E-state index < -0.39 is 20.2 Å². The van der Waals surface area contributed by atoms with E-state index in [1.807, 2.05) is 12.7 Å². The zero-order valence-electron chi connectivity index (χ0n) is 18.7. The van der Waals surface area contributed by atoms with Crippen LogP contribution in [0.2, 0.25) is 0 Å². The van der Waals surface area contributed by atoms with Crippen molar-refractivity contribution in [1.82, 2.24) is 9.55 Å². The van der Waals surface area contributed by atoms with Crippen LogP contribution in [-0.4, -0.2) is 59.8 Å². The van der Waals surface area contributed by atoms with Crippen molar-refractivity contribution in [3.05, 3.63) is 70.1 Å². The molecule has 1 aromatic carbocycles. The minimum Gasteiger partial charge on any atom is -0.376 e. The number of methoxy groups -OCH3 is 1.